The molecule has 3 heteroatoms. The Hall–Kier alpha value is -1.37. The van der Waals surface area contributed by atoms with Crippen LogP contribution < -0.4 is 5.32 Å². The van der Waals surface area contributed by atoms with Gasteiger partial charge in [-0.1, -0.05) is 18.9 Å². The second-order valence-electron chi connectivity index (χ2n) is 5.72. The number of aryl methyl sites for hydroxylation is 1. The van der Waals surface area contributed by atoms with E-state index in [-0.39, 0.29) is 12.0 Å². The van der Waals surface area contributed by atoms with E-state index in [4.69, 9.17) is 5.26 Å². The Balaban J connectivity index is 1.91. The van der Waals surface area contributed by atoms with Crippen LogP contribution in [0.15, 0.2) is 18.2 Å². The molecular formula is C16H22N2O. The molecule has 0 amide bonds. The molecule has 0 bridgehead atoms. The molecule has 3 nitrogen and oxygen atoms in total. The van der Waals surface area contributed by atoms with Crippen LogP contribution in [0.1, 0.15) is 42.4 Å². The smallest absolute Gasteiger partial charge is 0.0991 e. The van der Waals surface area contributed by atoms with E-state index in [0.717, 1.165) is 31.5 Å². The van der Waals surface area contributed by atoms with Gasteiger partial charge in [0, 0.05) is 25.1 Å². The molecule has 1 aromatic carbocycles. The van der Waals surface area contributed by atoms with Crippen molar-refractivity contribution >= 4 is 0 Å². The topological polar surface area (TPSA) is 56.0 Å². The minimum Gasteiger partial charge on any atom is -0.396 e. The Morgan fingerprint density at radius 3 is 2.68 bits per heavy atom. The molecule has 0 saturated heterocycles. The highest BCUT2D eigenvalue weighted by atomic mass is 16.3. The first-order valence-electron chi connectivity index (χ1n) is 7.00. The Kier molecular flexibility index (Phi) is 4.57. The summed E-state index contributed by atoms with van der Waals surface area (Å²) in [5.41, 5.74) is 3.19. The van der Waals surface area contributed by atoms with Crippen molar-refractivity contribution in [3.05, 3.63) is 34.9 Å². The first-order chi connectivity index (χ1) is 9.19. The second-order valence-corrected chi connectivity index (χ2v) is 5.72. The molecule has 2 rings (SSSR count). The highest BCUT2D eigenvalue weighted by Crippen LogP contribution is 2.36. The highest BCUT2D eigenvalue weighted by molar-refractivity contribution is 5.37. The Bertz CT molecular complexity index is 470. The molecule has 1 aliphatic rings. The van der Waals surface area contributed by atoms with Crippen LogP contribution in [-0.4, -0.2) is 18.3 Å². The first-order valence-corrected chi connectivity index (χ1v) is 7.00. The van der Waals surface area contributed by atoms with Gasteiger partial charge in [0.2, 0.25) is 0 Å². The number of nitrogens with one attached hydrogen (secondary N) is 1. The first kappa shape index (κ1) is 14.0. The molecular weight excluding hydrogens is 236 g/mol. The third-order valence-corrected chi connectivity index (χ3v) is 4.29. The molecule has 0 atom stereocenters. The zero-order chi connectivity index (χ0) is 13.7. The van der Waals surface area contributed by atoms with Crippen molar-refractivity contribution in [2.75, 3.05) is 13.2 Å². The van der Waals surface area contributed by atoms with E-state index in [9.17, 15) is 5.11 Å². The maximum Gasteiger partial charge on any atom is 0.0991 e. The van der Waals surface area contributed by atoms with Gasteiger partial charge in [-0.25, -0.2) is 0 Å². The Morgan fingerprint density at radius 2 is 2.11 bits per heavy atom. The van der Waals surface area contributed by atoms with Gasteiger partial charge >= 0.3 is 0 Å². The molecule has 0 aromatic heterocycles. The molecule has 1 aromatic rings. The van der Waals surface area contributed by atoms with Gasteiger partial charge in [0.1, 0.15) is 0 Å². The average Bonchev–Trinajstić information content (AvgIpc) is 2.90. The van der Waals surface area contributed by atoms with Crippen LogP contribution in [0.4, 0.5) is 0 Å². The van der Waals surface area contributed by atoms with Crippen LogP contribution in [0.3, 0.4) is 0 Å². The molecule has 1 saturated carbocycles. The molecule has 1 fully saturated rings. The van der Waals surface area contributed by atoms with Crippen molar-refractivity contribution in [3.8, 4) is 6.07 Å². The third kappa shape index (κ3) is 3.34. The van der Waals surface area contributed by atoms with Crippen molar-refractivity contribution in [1.82, 2.24) is 5.32 Å². The van der Waals surface area contributed by atoms with Crippen LogP contribution >= 0.6 is 0 Å². The van der Waals surface area contributed by atoms with Gasteiger partial charge in [-0.05, 0) is 43.0 Å². The summed E-state index contributed by atoms with van der Waals surface area (Å²) in [4.78, 5) is 0. The van der Waals surface area contributed by atoms with Crippen molar-refractivity contribution in [2.45, 2.75) is 39.2 Å². The number of hydrogen-bond acceptors (Lipinski definition) is 3. The lowest BCUT2D eigenvalue weighted by atomic mass is 9.87. The van der Waals surface area contributed by atoms with Gasteiger partial charge in [-0.3, -0.25) is 0 Å². The summed E-state index contributed by atoms with van der Waals surface area (Å²) >= 11 is 0. The van der Waals surface area contributed by atoms with Crippen molar-refractivity contribution in [1.29, 1.82) is 5.26 Å². The van der Waals surface area contributed by atoms with Crippen LogP contribution in [0.5, 0.6) is 0 Å². The number of benzene rings is 1. The minimum absolute atomic E-state index is 0.0977. The summed E-state index contributed by atoms with van der Waals surface area (Å²) in [5.74, 6) is 0. The van der Waals surface area contributed by atoms with E-state index >= 15 is 0 Å². The number of nitriles is 1. The second kappa shape index (κ2) is 6.18. The molecule has 1 aliphatic carbocycles. The summed E-state index contributed by atoms with van der Waals surface area (Å²) in [6.07, 6.45) is 4.72. The van der Waals surface area contributed by atoms with Gasteiger partial charge in [0.25, 0.3) is 0 Å². The minimum atomic E-state index is 0.0977. The van der Waals surface area contributed by atoms with E-state index in [1.807, 2.05) is 25.1 Å². The average molecular weight is 258 g/mol. The fourth-order valence-electron chi connectivity index (χ4n) is 2.94. The standard InChI is InChI=1S/C16H22N2O/c1-13-8-14(9-17)4-5-15(13)10-18-11-16(12-19)6-2-3-7-16/h4-5,8,18-19H,2-3,6-7,10-12H2,1H3. The summed E-state index contributed by atoms with van der Waals surface area (Å²) in [7, 11) is 0. The largest absolute Gasteiger partial charge is 0.396 e. The van der Waals surface area contributed by atoms with Crippen LogP contribution in [0, 0.1) is 23.7 Å². The molecule has 0 unspecified atom stereocenters. The van der Waals surface area contributed by atoms with Crippen LogP contribution in [0.25, 0.3) is 0 Å². The Morgan fingerprint density at radius 1 is 1.37 bits per heavy atom. The van der Waals surface area contributed by atoms with Gasteiger partial charge in [0.05, 0.1) is 11.6 Å². The molecule has 0 heterocycles. The predicted octanol–water partition coefficient (Wildman–Crippen LogP) is 2.51. The van der Waals surface area contributed by atoms with Crippen molar-refractivity contribution < 1.29 is 5.11 Å². The molecule has 19 heavy (non-hydrogen) atoms. The molecule has 2 N–H and O–H groups in total. The maximum absolute atomic E-state index is 9.56. The zero-order valence-corrected chi connectivity index (χ0v) is 11.6. The maximum atomic E-state index is 9.56. The molecule has 102 valence electrons. The van der Waals surface area contributed by atoms with Crippen molar-refractivity contribution in [3.63, 3.8) is 0 Å². The lowest BCUT2D eigenvalue weighted by molar-refractivity contribution is 0.128. The summed E-state index contributed by atoms with van der Waals surface area (Å²) in [5, 5.41) is 21.9. The Labute approximate surface area is 115 Å². The summed E-state index contributed by atoms with van der Waals surface area (Å²) in [6, 6.07) is 7.96. The lowest BCUT2D eigenvalue weighted by Gasteiger charge is -2.26. The van der Waals surface area contributed by atoms with Gasteiger partial charge < -0.3 is 10.4 Å². The number of nitrogens with zero attached hydrogens (tertiary/aromatic N) is 1. The highest BCUT2D eigenvalue weighted by Gasteiger charge is 2.32. The molecule has 0 spiro atoms. The number of aliphatic hydroxyl groups excluding tert-OH is 1. The van der Waals surface area contributed by atoms with Crippen molar-refractivity contribution in [2.24, 2.45) is 5.41 Å². The fraction of sp³-hybridized carbons (Fsp3) is 0.562. The quantitative estimate of drug-likeness (QED) is 0.853. The van der Waals surface area contributed by atoms with Gasteiger partial charge in [-0.2, -0.15) is 5.26 Å². The molecule has 0 aliphatic heterocycles. The summed E-state index contributed by atoms with van der Waals surface area (Å²) in [6.45, 7) is 4.00. The lowest BCUT2D eigenvalue weighted by Crippen LogP contribution is -2.34. The summed E-state index contributed by atoms with van der Waals surface area (Å²) < 4.78 is 0. The normalized spacial score (nSPS) is 17.3. The fourth-order valence-corrected chi connectivity index (χ4v) is 2.94. The SMILES string of the molecule is Cc1cc(C#N)ccc1CNCC1(CO)CCCC1. The van der Waals surface area contributed by atoms with E-state index in [2.05, 4.69) is 11.4 Å². The third-order valence-electron chi connectivity index (χ3n) is 4.29. The van der Waals surface area contributed by atoms with Crippen LogP contribution in [-0.2, 0) is 6.54 Å². The van der Waals surface area contributed by atoms with E-state index < -0.39 is 0 Å². The van der Waals surface area contributed by atoms with E-state index in [1.54, 1.807) is 0 Å². The zero-order valence-electron chi connectivity index (χ0n) is 11.6. The van der Waals surface area contributed by atoms with Gasteiger partial charge in [-0.15, -0.1) is 0 Å². The predicted molar refractivity (Wildman–Crippen MR) is 75.6 cm³/mol. The monoisotopic (exact) mass is 258 g/mol. The van der Waals surface area contributed by atoms with E-state index in [1.165, 1.54) is 18.4 Å². The number of rotatable bonds is 5. The number of hydrogen-bond donors (Lipinski definition) is 2. The van der Waals surface area contributed by atoms with E-state index in [0.29, 0.717) is 5.56 Å². The van der Waals surface area contributed by atoms with Gasteiger partial charge in [0.15, 0.2) is 0 Å². The number of aliphatic hydroxyl groups is 1. The molecule has 0 radical (unpaired) electrons. The van der Waals surface area contributed by atoms with Crippen LogP contribution in [0.2, 0.25) is 0 Å².